The number of piperazine rings is 1. The number of aromatic nitrogens is 2. The summed E-state index contributed by atoms with van der Waals surface area (Å²) in [6.45, 7) is 4.70. The Morgan fingerprint density at radius 3 is 2.74 bits per heavy atom. The monoisotopic (exact) mass is 398 g/mol. The predicted molar refractivity (Wildman–Crippen MR) is 92.1 cm³/mol. The molecule has 1 saturated heterocycles. The minimum Gasteiger partial charge on any atom is -0.343 e. The van der Waals surface area contributed by atoms with Gasteiger partial charge in [-0.25, -0.2) is 4.39 Å². The maximum atomic E-state index is 13.9. The highest BCUT2D eigenvalue weighted by Gasteiger charge is 2.23. The van der Waals surface area contributed by atoms with Crippen molar-refractivity contribution in [2.75, 3.05) is 31.1 Å². The van der Waals surface area contributed by atoms with Crippen molar-refractivity contribution in [2.45, 2.75) is 13.3 Å². The lowest BCUT2D eigenvalue weighted by Gasteiger charge is -2.34. The predicted octanol–water partition coefficient (Wildman–Crippen LogP) is 3.17. The third-order valence-electron chi connectivity index (χ3n) is 3.78. The summed E-state index contributed by atoms with van der Waals surface area (Å²) >= 11 is 4.72. The van der Waals surface area contributed by atoms with Gasteiger partial charge in [0.2, 0.25) is 11.0 Å². The van der Waals surface area contributed by atoms with Crippen LogP contribution in [-0.2, 0) is 4.79 Å². The highest BCUT2D eigenvalue weighted by molar-refractivity contribution is 9.10. The number of halogens is 2. The fraction of sp³-hybridized carbons (Fsp3) is 0.400. The molecule has 1 aromatic heterocycles. The molecule has 8 heteroatoms. The fourth-order valence-electron chi connectivity index (χ4n) is 2.48. The van der Waals surface area contributed by atoms with E-state index in [1.54, 1.807) is 12.1 Å². The molecule has 5 nitrogen and oxygen atoms in total. The normalized spacial score (nSPS) is 15.1. The van der Waals surface area contributed by atoms with Gasteiger partial charge >= 0.3 is 0 Å². The molecule has 0 bridgehead atoms. The molecule has 0 atom stereocenters. The van der Waals surface area contributed by atoms with E-state index in [9.17, 15) is 9.18 Å². The lowest BCUT2D eigenvalue weighted by molar-refractivity contribution is -0.131. The average Bonchev–Trinajstić information content (AvgIpc) is 3.06. The fourth-order valence-corrected chi connectivity index (χ4v) is 3.76. The van der Waals surface area contributed by atoms with Crippen LogP contribution in [0.4, 0.5) is 9.52 Å². The molecule has 0 unspecified atom stereocenters. The van der Waals surface area contributed by atoms with Crippen LogP contribution in [0.3, 0.4) is 0 Å². The van der Waals surface area contributed by atoms with E-state index in [-0.39, 0.29) is 11.7 Å². The van der Waals surface area contributed by atoms with Crippen LogP contribution in [0, 0.1) is 5.82 Å². The number of rotatable bonds is 3. The van der Waals surface area contributed by atoms with Gasteiger partial charge in [0, 0.05) is 42.6 Å². The van der Waals surface area contributed by atoms with Crippen molar-refractivity contribution in [1.29, 1.82) is 0 Å². The van der Waals surface area contributed by atoms with Gasteiger partial charge in [0.05, 0.1) is 0 Å². The molecule has 122 valence electrons. The Kier molecular flexibility index (Phi) is 4.91. The Balaban J connectivity index is 1.73. The van der Waals surface area contributed by atoms with E-state index < -0.39 is 0 Å². The van der Waals surface area contributed by atoms with Gasteiger partial charge in [-0.1, -0.05) is 34.2 Å². The van der Waals surface area contributed by atoms with Gasteiger partial charge in [-0.3, -0.25) is 4.79 Å². The first-order valence-electron chi connectivity index (χ1n) is 7.40. The first kappa shape index (κ1) is 16.3. The van der Waals surface area contributed by atoms with E-state index >= 15 is 0 Å². The number of nitrogens with zero attached hydrogens (tertiary/aromatic N) is 4. The summed E-state index contributed by atoms with van der Waals surface area (Å²) in [5.74, 6) is -0.131. The number of hydrogen-bond donors (Lipinski definition) is 0. The number of benzene rings is 1. The Bertz CT molecular complexity index is 715. The number of carbonyl (C=O) groups is 1. The van der Waals surface area contributed by atoms with Gasteiger partial charge in [-0.05, 0) is 18.2 Å². The van der Waals surface area contributed by atoms with E-state index in [0.29, 0.717) is 30.1 Å². The van der Waals surface area contributed by atoms with E-state index in [1.165, 1.54) is 17.4 Å². The molecule has 1 amide bonds. The molecule has 2 heterocycles. The van der Waals surface area contributed by atoms with Crippen LogP contribution in [0.25, 0.3) is 10.6 Å². The highest BCUT2D eigenvalue weighted by Crippen LogP contribution is 2.32. The van der Waals surface area contributed by atoms with Crippen molar-refractivity contribution in [2.24, 2.45) is 0 Å². The molecule has 0 aliphatic carbocycles. The first-order valence-corrected chi connectivity index (χ1v) is 9.01. The Morgan fingerprint density at radius 1 is 1.30 bits per heavy atom. The Labute approximate surface area is 146 Å². The molecule has 1 fully saturated rings. The van der Waals surface area contributed by atoms with Crippen LogP contribution in [0.5, 0.6) is 0 Å². The third-order valence-corrected chi connectivity index (χ3v) is 5.29. The summed E-state index contributed by atoms with van der Waals surface area (Å²) in [5.41, 5.74) is 0.447. The number of carbonyl (C=O) groups excluding carboxylic acids is 1. The molecule has 2 aromatic rings. The second-order valence-electron chi connectivity index (χ2n) is 5.24. The zero-order chi connectivity index (χ0) is 16.4. The number of anilines is 1. The maximum Gasteiger partial charge on any atom is 0.222 e. The van der Waals surface area contributed by atoms with Crippen LogP contribution in [0.1, 0.15) is 13.3 Å². The molecule has 1 aliphatic heterocycles. The van der Waals surface area contributed by atoms with Crippen molar-refractivity contribution < 1.29 is 9.18 Å². The minimum absolute atomic E-state index is 0.179. The van der Waals surface area contributed by atoms with Crippen molar-refractivity contribution in [3.8, 4) is 10.6 Å². The van der Waals surface area contributed by atoms with Gasteiger partial charge in [0.25, 0.3) is 0 Å². The van der Waals surface area contributed by atoms with Gasteiger partial charge in [-0.2, -0.15) is 0 Å². The van der Waals surface area contributed by atoms with Gasteiger partial charge in [0.1, 0.15) is 5.82 Å². The Morgan fingerprint density at radius 2 is 2.04 bits per heavy atom. The zero-order valence-electron chi connectivity index (χ0n) is 12.6. The average molecular weight is 399 g/mol. The largest absolute Gasteiger partial charge is 0.343 e. The van der Waals surface area contributed by atoms with Crippen LogP contribution < -0.4 is 4.90 Å². The quantitative estimate of drug-likeness (QED) is 0.796. The zero-order valence-corrected chi connectivity index (χ0v) is 15.0. The summed E-state index contributed by atoms with van der Waals surface area (Å²) in [6, 6.07) is 4.78. The number of hydrogen-bond acceptors (Lipinski definition) is 5. The second kappa shape index (κ2) is 6.92. The summed E-state index contributed by atoms with van der Waals surface area (Å²) in [7, 11) is 0. The molecule has 1 aromatic carbocycles. The van der Waals surface area contributed by atoms with E-state index in [1.807, 2.05) is 11.8 Å². The first-order chi connectivity index (χ1) is 11.1. The highest BCUT2D eigenvalue weighted by atomic mass is 79.9. The lowest BCUT2D eigenvalue weighted by Crippen LogP contribution is -2.48. The van der Waals surface area contributed by atoms with E-state index in [2.05, 4.69) is 31.0 Å². The smallest absolute Gasteiger partial charge is 0.222 e. The maximum absolute atomic E-state index is 13.9. The second-order valence-corrected chi connectivity index (χ2v) is 7.11. The van der Waals surface area contributed by atoms with Crippen LogP contribution in [0.15, 0.2) is 22.7 Å². The number of amides is 1. The molecule has 0 spiro atoms. The van der Waals surface area contributed by atoms with Crippen molar-refractivity contribution in [1.82, 2.24) is 15.1 Å². The van der Waals surface area contributed by atoms with Crippen LogP contribution >= 0.6 is 27.3 Å². The molecule has 1 aliphatic rings. The van der Waals surface area contributed by atoms with Gasteiger partial charge < -0.3 is 9.80 Å². The van der Waals surface area contributed by atoms with Crippen LogP contribution in [0.2, 0.25) is 0 Å². The summed E-state index contributed by atoms with van der Waals surface area (Å²) in [6.07, 6.45) is 0.533. The summed E-state index contributed by atoms with van der Waals surface area (Å²) in [4.78, 5) is 15.7. The van der Waals surface area contributed by atoms with Gasteiger partial charge in [0.15, 0.2) is 5.01 Å². The standard InChI is InChI=1S/C15H16BrFN4OS/c1-2-13(22)20-5-7-21(8-6-20)15-19-18-14(23-15)11-9-10(16)3-4-12(11)17/h3-4,9H,2,5-8H2,1H3. The van der Waals surface area contributed by atoms with Crippen LogP contribution in [-0.4, -0.2) is 47.2 Å². The van der Waals surface area contributed by atoms with Crippen molar-refractivity contribution in [3.05, 3.63) is 28.5 Å². The molecular formula is C15H16BrFN4OS. The van der Waals surface area contributed by atoms with Gasteiger partial charge in [-0.15, -0.1) is 10.2 Å². The van der Waals surface area contributed by atoms with E-state index in [4.69, 9.17) is 0 Å². The topological polar surface area (TPSA) is 49.3 Å². The summed E-state index contributed by atoms with van der Waals surface area (Å²) < 4.78 is 14.7. The lowest BCUT2D eigenvalue weighted by atomic mass is 10.2. The van der Waals surface area contributed by atoms with Crippen molar-refractivity contribution >= 4 is 38.3 Å². The molecule has 3 rings (SSSR count). The van der Waals surface area contributed by atoms with E-state index in [0.717, 1.165) is 22.7 Å². The molecule has 0 saturated carbocycles. The third kappa shape index (κ3) is 3.53. The molecule has 0 radical (unpaired) electrons. The minimum atomic E-state index is -0.311. The Hall–Kier alpha value is -1.54. The molecular weight excluding hydrogens is 383 g/mol. The molecule has 0 N–H and O–H groups in total. The summed E-state index contributed by atoms with van der Waals surface area (Å²) in [5, 5.41) is 9.63. The molecule has 23 heavy (non-hydrogen) atoms. The SMILES string of the molecule is CCC(=O)N1CCN(c2nnc(-c3cc(Br)ccc3F)s2)CC1. The van der Waals surface area contributed by atoms with Crippen molar-refractivity contribution in [3.63, 3.8) is 0 Å².